The van der Waals surface area contributed by atoms with Crippen LogP contribution in [0.1, 0.15) is 77.3 Å². The van der Waals surface area contributed by atoms with Gasteiger partial charge in [0.25, 0.3) is 0 Å². The minimum absolute atomic E-state index is 0.721. The fourth-order valence-electron chi connectivity index (χ4n) is 4.22. The van der Waals surface area contributed by atoms with E-state index in [0.29, 0.717) is 0 Å². The van der Waals surface area contributed by atoms with Crippen molar-refractivity contribution >= 4 is 0 Å². The van der Waals surface area contributed by atoms with Gasteiger partial charge in [-0.1, -0.05) is 52.4 Å². The average Bonchev–Trinajstić information content (AvgIpc) is 2.75. The van der Waals surface area contributed by atoms with Crippen molar-refractivity contribution in [1.82, 2.24) is 9.97 Å². The summed E-state index contributed by atoms with van der Waals surface area (Å²) < 4.78 is 6.07. The molecule has 0 saturated heterocycles. The Balaban J connectivity index is 1.46. The van der Waals surface area contributed by atoms with Crippen molar-refractivity contribution in [3.63, 3.8) is 0 Å². The molecule has 1 aromatic carbocycles. The van der Waals surface area contributed by atoms with E-state index in [4.69, 9.17) is 4.74 Å². The van der Waals surface area contributed by atoms with Crippen LogP contribution in [0.4, 0.5) is 0 Å². The number of hydrogen-bond donors (Lipinski definition) is 0. The molecule has 1 aromatic heterocycles. The van der Waals surface area contributed by atoms with Crippen LogP contribution in [0.3, 0.4) is 0 Å². The summed E-state index contributed by atoms with van der Waals surface area (Å²) in [6.45, 7) is 5.37. The van der Waals surface area contributed by atoms with Crippen molar-refractivity contribution in [2.75, 3.05) is 6.61 Å². The van der Waals surface area contributed by atoms with Crippen LogP contribution in [0.5, 0.6) is 5.75 Å². The van der Waals surface area contributed by atoms with Crippen LogP contribution in [0.2, 0.25) is 0 Å². The number of nitrogens with zero attached hydrogens (tertiary/aromatic N) is 2. The lowest BCUT2D eigenvalue weighted by molar-refractivity contribution is 0.178. The van der Waals surface area contributed by atoms with Crippen LogP contribution in [0.25, 0.3) is 11.3 Å². The molecule has 3 heteroatoms. The van der Waals surface area contributed by atoms with Crippen molar-refractivity contribution in [3.8, 4) is 17.0 Å². The molecule has 0 radical (unpaired) electrons. The summed E-state index contributed by atoms with van der Waals surface area (Å²) in [5.41, 5.74) is 3.12. The zero-order chi connectivity index (χ0) is 19.6. The molecular weight excluding hydrogens is 344 g/mol. The van der Waals surface area contributed by atoms with Gasteiger partial charge in [-0.3, -0.25) is 9.97 Å². The van der Waals surface area contributed by atoms with Gasteiger partial charge in [-0.15, -0.1) is 0 Å². The molecule has 152 valence electrons. The van der Waals surface area contributed by atoms with Gasteiger partial charge in [0.15, 0.2) is 0 Å². The van der Waals surface area contributed by atoms with E-state index in [-0.39, 0.29) is 0 Å². The highest BCUT2D eigenvalue weighted by molar-refractivity contribution is 5.58. The summed E-state index contributed by atoms with van der Waals surface area (Å²) in [7, 11) is 0. The predicted molar refractivity (Wildman–Crippen MR) is 117 cm³/mol. The third kappa shape index (κ3) is 6.32. The molecule has 3 nitrogen and oxygen atoms in total. The van der Waals surface area contributed by atoms with Crippen LogP contribution >= 0.6 is 0 Å². The fourth-order valence-corrected chi connectivity index (χ4v) is 4.22. The van der Waals surface area contributed by atoms with Gasteiger partial charge in [0.1, 0.15) is 5.75 Å². The minimum Gasteiger partial charge on any atom is -0.493 e. The highest BCUT2D eigenvalue weighted by atomic mass is 16.5. The van der Waals surface area contributed by atoms with Gasteiger partial charge in [-0.2, -0.15) is 0 Å². The van der Waals surface area contributed by atoms with E-state index >= 15 is 0 Å². The molecule has 0 unspecified atom stereocenters. The first kappa shape index (κ1) is 20.8. The molecule has 1 aliphatic carbocycles. The quantitative estimate of drug-likeness (QED) is 0.422. The molecule has 1 aliphatic rings. The van der Waals surface area contributed by atoms with Crippen molar-refractivity contribution in [1.29, 1.82) is 0 Å². The third-order valence-corrected chi connectivity index (χ3v) is 6.04. The van der Waals surface area contributed by atoms with Gasteiger partial charge in [-0.05, 0) is 61.8 Å². The van der Waals surface area contributed by atoms with Crippen molar-refractivity contribution in [3.05, 3.63) is 42.4 Å². The van der Waals surface area contributed by atoms with Crippen LogP contribution in [0, 0.1) is 11.8 Å². The Hall–Kier alpha value is -1.90. The average molecular weight is 381 g/mol. The van der Waals surface area contributed by atoms with E-state index in [1.165, 1.54) is 57.8 Å². The van der Waals surface area contributed by atoms with E-state index < -0.39 is 0 Å². The van der Waals surface area contributed by atoms with Gasteiger partial charge in [-0.25, -0.2) is 0 Å². The Morgan fingerprint density at radius 2 is 1.61 bits per heavy atom. The number of unbranched alkanes of at least 4 members (excludes halogenated alkanes) is 2. The molecule has 0 spiro atoms. The van der Waals surface area contributed by atoms with Gasteiger partial charge >= 0.3 is 0 Å². The maximum atomic E-state index is 6.07. The summed E-state index contributed by atoms with van der Waals surface area (Å²) in [6, 6.07) is 8.31. The van der Waals surface area contributed by atoms with E-state index in [9.17, 15) is 0 Å². The molecule has 28 heavy (non-hydrogen) atoms. The number of rotatable bonds is 10. The number of aryl methyl sites for hydroxylation is 1. The lowest BCUT2D eigenvalue weighted by atomic mass is 9.80. The zero-order valence-electron chi connectivity index (χ0n) is 17.7. The van der Waals surface area contributed by atoms with Gasteiger partial charge < -0.3 is 4.74 Å². The maximum absolute atomic E-state index is 6.07. The molecule has 1 fully saturated rings. The van der Waals surface area contributed by atoms with Crippen LogP contribution < -0.4 is 4.74 Å². The van der Waals surface area contributed by atoms with E-state index in [1.807, 2.05) is 12.4 Å². The summed E-state index contributed by atoms with van der Waals surface area (Å²) in [4.78, 5) is 9.17. The highest BCUT2D eigenvalue weighted by Gasteiger charge is 2.20. The molecule has 0 N–H and O–H groups in total. The first-order chi connectivity index (χ1) is 13.8. The number of hydrogen-bond acceptors (Lipinski definition) is 3. The second-order valence-electron chi connectivity index (χ2n) is 8.36. The third-order valence-electron chi connectivity index (χ3n) is 6.04. The van der Waals surface area contributed by atoms with E-state index in [0.717, 1.165) is 47.6 Å². The molecule has 0 bridgehead atoms. The maximum Gasteiger partial charge on any atom is 0.119 e. The first-order valence-corrected chi connectivity index (χ1v) is 11.3. The summed E-state index contributed by atoms with van der Waals surface area (Å²) >= 11 is 0. The largest absolute Gasteiger partial charge is 0.493 e. The summed E-state index contributed by atoms with van der Waals surface area (Å²) in [6.07, 6.45) is 16.7. The normalized spacial score (nSPS) is 19.5. The Kier molecular flexibility index (Phi) is 8.32. The lowest BCUT2D eigenvalue weighted by Crippen LogP contribution is -2.20. The second-order valence-corrected chi connectivity index (χ2v) is 8.36. The summed E-state index contributed by atoms with van der Waals surface area (Å²) in [5.74, 6) is 2.64. The fraction of sp³-hybridized carbons (Fsp3) is 0.600. The molecule has 1 saturated carbocycles. The van der Waals surface area contributed by atoms with E-state index in [1.54, 1.807) is 0 Å². The predicted octanol–water partition coefficient (Wildman–Crippen LogP) is 6.86. The number of ether oxygens (including phenoxy) is 1. The van der Waals surface area contributed by atoms with Gasteiger partial charge in [0, 0.05) is 11.8 Å². The van der Waals surface area contributed by atoms with Crippen molar-refractivity contribution < 1.29 is 4.74 Å². The smallest absolute Gasteiger partial charge is 0.119 e. The lowest BCUT2D eigenvalue weighted by Gasteiger charge is -2.28. The Morgan fingerprint density at radius 3 is 2.25 bits per heavy atom. The molecule has 1 heterocycles. The molecule has 3 rings (SSSR count). The Bertz CT molecular complexity index is 673. The van der Waals surface area contributed by atoms with Crippen molar-refractivity contribution in [2.24, 2.45) is 11.8 Å². The minimum atomic E-state index is 0.721. The van der Waals surface area contributed by atoms with Crippen LogP contribution in [-0.2, 0) is 6.42 Å². The van der Waals surface area contributed by atoms with E-state index in [2.05, 4.69) is 48.1 Å². The molecule has 0 atom stereocenters. The van der Waals surface area contributed by atoms with Crippen LogP contribution in [-0.4, -0.2) is 16.6 Å². The summed E-state index contributed by atoms with van der Waals surface area (Å²) in [5, 5.41) is 0. The first-order valence-electron chi connectivity index (χ1n) is 11.3. The Morgan fingerprint density at radius 1 is 0.857 bits per heavy atom. The molecule has 0 amide bonds. The zero-order valence-corrected chi connectivity index (χ0v) is 17.7. The number of aromatic nitrogens is 2. The highest BCUT2D eigenvalue weighted by Crippen LogP contribution is 2.32. The SMILES string of the molecule is CCCCCc1cnc(-c2ccc(OCC3CCC(CCC)CC3)cc2)cn1. The molecule has 0 aliphatic heterocycles. The van der Waals surface area contributed by atoms with Gasteiger partial charge in [0.2, 0.25) is 0 Å². The van der Waals surface area contributed by atoms with Crippen molar-refractivity contribution in [2.45, 2.75) is 78.1 Å². The monoisotopic (exact) mass is 380 g/mol. The topological polar surface area (TPSA) is 35.0 Å². The molecular formula is C25H36N2O. The Labute approximate surface area is 171 Å². The second kappa shape index (κ2) is 11.2. The van der Waals surface area contributed by atoms with Gasteiger partial charge in [0.05, 0.1) is 24.2 Å². The van der Waals surface area contributed by atoms with Crippen LogP contribution in [0.15, 0.2) is 36.7 Å². The standard InChI is InChI=1S/C25H36N2O/c1-3-5-6-8-23-17-27-25(18-26-23)22-13-15-24(16-14-22)28-19-21-11-9-20(7-4-2)10-12-21/h13-18,20-21H,3-12,19H2,1-2H3. The molecule has 2 aromatic rings. The number of benzene rings is 1.